The number of carbonyl (C=O) groups excluding carboxylic acids is 3. The smallest absolute Gasteiger partial charge is 0.239 e. The third-order valence-electron chi connectivity index (χ3n) is 6.26. The number of Topliss-reactive ketones (excluding diaryl/α,β-unsaturated/α-hetero) is 1. The summed E-state index contributed by atoms with van der Waals surface area (Å²) in [5, 5.41) is 0. The van der Waals surface area contributed by atoms with Gasteiger partial charge in [0.2, 0.25) is 11.8 Å². The minimum atomic E-state index is -0.685. The molecule has 2 amide bonds. The molecule has 3 aliphatic heterocycles. The van der Waals surface area contributed by atoms with Crippen LogP contribution in [-0.4, -0.2) is 41.1 Å². The number of anilines is 1. The van der Waals surface area contributed by atoms with E-state index < -0.39 is 23.7 Å². The zero-order valence-corrected chi connectivity index (χ0v) is 15.1. The average Bonchev–Trinajstić information content (AvgIpc) is 3.35. The molecule has 2 aromatic carbocycles. The molecular formula is C22H19FN2O3. The number of halogens is 1. The predicted molar refractivity (Wildman–Crippen MR) is 100 cm³/mol. The number of hydrogen-bond acceptors (Lipinski definition) is 4. The van der Waals surface area contributed by atoms with Gasteiger partial charge in [0.15, 0.2) is 5.78 Å². The molecule has 3 heterocycles. The maximum Gasteiger partial charge on any atom is 0.239 e. The zero-order valence-electron chi connectivity index (χ0n) is 15.1. The summed E-state index contributed by atoms with van der Waals surface area (Å²) in [4.78, 5) is 43.0. The van der Waals surface area contributed by atoms with Gasteiger partial charge in [-0.2, -0.15) is 0 Å². The zero-order chi connectivity index (χ0) is 19.4. The lowest BCUT2D eigenvalue weighted by Gasteiger charge is -2.27. The summed E-state index contributed by atoms with van der Waals surface area (Å²) in [5.41, 5.74) is 0.917. The third-order valence-corrected chi connectivity index (χ3v) is 6.26. The van der Waals surface area contributed by atoms with Crippen molar-refractivity contribution in [3.63, 3.8) is 0 Å². The highest BCUT2D eigenvalue weighted by atomic mass is 19.1. The lowest BCUT2D eigenvalue weighted by molar-refractivity contribution is -0.123. The standard InChI is InChI=1S/C22H19FN2O3/c23-14-8-10-15(11-9-14)25-21(27)17-16-7-4-12-24(16)19(18(17)22(25)28)20(26)13-5-2-1-3-6-13/h1-3,5-6,8-11,16-19H,4,7,12H2/t16-,17-,18+,19-/m0/s1. The van der Waals surface area contributed by atoms with Gasteiger partial charge in [0.1, 0.15) is 5.82 Å². The lowest BCUT2D eigenvalue weighted by Crippen LogP contribution is -2.46. The van der Waals surface area contributed by atoms with Gasteiger partial charge in [-0.05, 0) is 43.7 Å². The Morgan fingerprint density at radius 3 is 2.32 bits per heavy atom. The van der Waals surface area contributed by atoms with Gasteiger partial charge in [-0.15, -0.1) is 0 Å². The first-order valence-electron chi connectivity index (χ1n) is 9.56. The number of carbonyl (C=O) groups is 3. The number of benzene rings is 2. The maximum atomic E-state index is 13.3. The van der Waals surface area contributed by atoms with E-state index in [-0.39, 0.29) is 23.6 Å². The molecule has 0 aliphatic carbocycles. The maximum absolute atomic E-state index is 13.3. The number of fused-ring (bicyclic) bond motifs is 3. The van der Waals surface area contributed by atoms with E-state index in [9.17, 15) is 18.8 Å². The van der Waals surface area contributed by atoms with E-state index in [4.69, 9.17) is 0 Å². The molecule has 4 atom stereocenters. The van der Waals surface area contributed by atoms with Gasteiger partial charge < -0.3 is 0 Å². The molecule has 28 heavy (non-hydrogen) atoms. The van der Waals surface area contributed by atoms with Crippen molar-refractivity contribution >= 4 is 23.3 Å². The van der Waals surface area contributed by atoms with Gasteiger partial charge in [0.25, 0.3) is 0 Å². The van der Waals surface area contributed by atoms with Crippen LogP contribution in [0, 0.1) is 17.7 Å². The Kier molecular flexibility index (Phi) is 3.91. The molecule has 2 aromatic rings. The molecular weight excluding hydrogens is 359 g/mol. The Balaban J connectivity index is 1.55. The second-order valence-corrected chi connectivity index (χ2v) is 7.66. The van der Waals surface area contributed by atoms with Crippen molar-refractivity contribution in [3.05, 3.63) is 66.0 Å². The summed E-state index contributed by atoms with van der Waals surface area (Å²) in [5.74, 6) is -2.37. The van der Waals surface area contributed by atoms with E-state index in [1.54, 1.807) is 24.3 Å². The van der Waals surface area contributed by atoms with Crippen molar-refractivity contribution in [1.82, 2.24) is 4.90 Å². The minimum absolute atomic E-state index is 0.0930. The van der Waals surface area contributed by atoms with Crippen molar-refractivity contribution in [2.75, 3.05) is 11.4 Å². The first kappa shape index (κ1) is 17.3. The molecule has 0 N–H and O–H groups in total. The van der Waals surface area contributed by atoms with E-state index in [1.807, 2.05) is 6.07 Å². The third kappa shape index (κ3) is 2.37. The van der Waals surface area contributed by atoms with Gasteiger partial charge in [-0.1, -0.05) is 30.3 Å². The SMILES string of the molecule is O=C(c1ccccc1)[C@@H]1[C@@H]2C(=O)N(c3ccc(F)cc3)C(=O)[C@H]2[C@@H]2CCCN12. The van der Waals surface area contributed by atoms with Gasteiger partial charge in [-0.25, -0.2) is 9.29 Å². The van der Waals surface area contributed by atoms with Crippen LogP contribution >= 0.6 is 0 Å². The molecule has 0 radical (unpaired) electrons. The summed E-state index contributed by atoms with van der Waals surface area (Å²) in [6.07, 6.45) is 1.71. The van der Waals surface area contributed by atoms with Crippen LogP contribution in [0.2, 0.25) is 0 Å². The van der Waals surface area contributed by atoms with E-state index in [0.29, 0.717) is 11.3 Å². The second-order valence-electron chi connectivity index (χ2n) is 7.66. The molecule has 3 aliphatic rings. The summed E-state index contributed by atoms with van der Waals surface area (Å²) >= 11 is 0. The molecule has 3 fully saturated rings. The largest absolute Gasteiger partial charge is 0.292 e. The Bertz CT molecular complexity index is 960. The number of amides is 2. The number of ketones is 1. The van der Waals surface area contributed by atoms with Crippen molar-refractivity contribution in [2.45, 2.75) is 24.9 Å². The van der Waals surface area contributed by atoms with Crippen LogP contribution in [0.5, 0.6) is 0 Å². The van der Waals surface area contributed by atoms with Gasteiger partial charge in [0.05, 0.1) is 23.6 Å². The van der Waals surface area contributed by atoms with Crippen LogP contribution in [-0.2, 0) is 9.59 Å². The molecule has 6 heteroatoms. The summed E-state index contributed by atoms with van der Waals surface area (Å²) in [6.45, 7) is 0.720. The molecule has 142 valence electrons. The van der Waals surface area contributed by atoms with Crippen LogP contribution in [0.15, 0.2) is 54.6 Å². The monoisotopic (exact) mass is 378 g/mol. The van der Waals surface area contributed by atoms with Crippen LogP contribution in [0.4, 0.5) is 10.1 Å². The Morgan fingerprint density at radius 2 is 1.61 bits per heavy atom. The van der Waals surface area contributed by atoms with E-state index in [1.165, 1.54) is 24.3 Å². The minimum Gasteiger partial charge on any atom is -0.292 e. The van der Waals surface area contributed by atoms with Crippen molar-refractivity contribution in [1.29, 1.82) is 0 Å². The predicted octanol–water partition coefficient (Wildman–Crippen LogP) is 2.66. The number of nitrogens with zero attached hydrogens (tertiary/aromatic N) is 2. The molecule has 0 unspecified atom stereocenters. The number of rotatable bonds is 3. The fourth-order valence-corrected chi connectivity index (χ4v) is 5.13. The second kappa shape index (κ2) is 6.34. The van der Waals surface area contributed by atoms with Crippen molar-refractivity contribution in [2.24, 2.45) is 11.8 Å². The highest BCUT2D eigenvalue weighted by Gasteiger charge is 2.64. The molecule has 0 spiro atoms. The van der Waals surface area contributed by atoms with Crippen molar-refractivity contribution < 1.29 is 18.8 Å². The highest BCUT2D eigenvalue weighted by Crippen LogP contribution is 2.48. The number of hydrogen-bond donors (Lipinski definition) is 0. The van der Waals surface area contributed by atoms with E-state index >= 15 is 0 Å². The highest BCUT2D eigenvalue weighted by molar-refractivity contribution is 6.24. The first-order valence-corrected chi connectivity index (χ1v) is 9.56. The number of imide groups is 1. The quantitative estimate of drug-likeness (QED) is 0.609. The normalized spacial score (nSPS) is 29.2. The van der Waals surface area contributed by atoms with E-state index in [0.717, 1.165) is 24.3 Å². The van der Waals surface area contributed by atoms with Crippen LogP contribution in [0.25, 0.3) is 0 Å². The van der Waals surface area contributed by atoms with Crippen molar-refractivity contribution in [3.8, 4) is 0 Å². The topological polar surface area (TPSA) is 57.7 Å². The molecule has 0 bridgehead atoms. The average molecular weight is 378 g/mol. The Hall–Kier alpha value is -2.86. The van der Waals surface area contributed by atoms with Crippen LogP contribution in [0.3, 0.4) is 0 Å². The lowest BCUT2D eigenvalue weighted by atomic mass is 9.85. The van der Waals surface area contributed by atoms with Gasteiger partial charge >= 0.3 is 0 Å². The molecule has 0 aromatic heterocycles. The van der Waals surface area contributed by atoms with E-state index in [2.05, 4.69) is 4.90 Å². The molecule has 3 saturated heterocycles. The molecule has 5 nitrogen and oxygen atoms in total. The fraction of sp³-hybridized carbons (Fsp3) is 0.318. The summed E-state index contributed by atoms with van der Waals surface area (Å²) < 4.78 is 13.3. The fourth-order valence-electron chi connectivity index (χ4n) is 5.13. The van der Waals surface area contributed by atoms with Crippen LogP contribution in [0.1, 0.15) is 23.2 Å². The Morgan fingerprint density at radius 1 is 0.929 bits per heavy atom. The van der Waals surface area contributed by atoms with Gasteiger partial charge in [-0.3, -0.25) is 19.3 Å². The summed E-state index contributed by atoms with van der Waals surface area (Å²) in [7, 11) is 0. The summed E-state index contributed by atoms with van der Waals surface area (Å²) in [6, 6.07) is 13.6. The first-order chi connectivity index (χ1) is 13.6. The van der Waals surface area contributed by atoms with Crippen LogP contribution < -0.4 is 4.90 Å². The Labute approximate surface area is 161 Å². The molecule has 0 saturated carbocycles. The van der Waals surface area contributed by atoms with Gasteiger partial charge in [0, 0.05) is 11.6 Å². The molecule has 5 rings (SSSR count).